The van der Waals surface area contributed by atoms with Gasteiger partial charge in [0.2, 0.25) is 15.0 Å². The Kier molecular flexibility index (Phi) is 4.26. The summed E-state index contributed by atoms with van der Waals surface area (Å²) in [7, 11) is -3.41. The van der Waals surface area contributed by atoms with E-state index in [-0.39, 0.29) is 10.1 Å². The third kappa shape index (κ3) is 3.69. The van der Waals surface area contributed by atoms with Crippen LogP contribution in [0.3, 0.4) is 0 Å². The lowest BCUT2D eigenvalue weighted by molar-refractivity contribution is 0.537. The van der Waals surface area contributed by atoms with Gasteiger partial charge in [-0.15, -0.1) is 0 Å². The van der Waals surface area contributed by atoms with Crippen molar-refractivity contribution in [2.75, 3.05) is 6.26 Å². The molecule has 106 valence electrons. The molecule has 6 nitrogen and oxygen atoms in total. The number of aromatic nitrogens is 2. The number of benzene rings is 1. The van der Waals surface area contributed by atoms with E-state index in [4.69, 9.17) is 0 Å². The van der Waals surface area contributed by atoms with Crippen molar-refractivity contribution in [3.8, 4) is 0 Å². The van der Waals surface area contributed by atoms with Crippen LogP contribution in [0.2, 0.25) is 0 Å². The summed E-state index contributed by atoms with van der Waals surface area (Å²) in [5.41, 5.74) is 1.48. The first-order valence-corrected chi connectivity index (χ1v) is 8.52. The Balaban J connectivity index is 2.22. The van der Waals surface area contributed by atoms with Gasteiger partial charge in [-0.25, -0.2) is 18.4 Å². The monoisotopic (exact) mass is 311 g/mol. The molecule has 8 heteroatoms. The fraction of sp³-hybridized carbons (Fsp3) is 0.167. The largest absolute Gasteiger partial charge is 0.768 e. The van der Waals surface area contributed by atoms with Crippen molar-refractivity contribution in [2.45, 2.75) is 16.5 Å². The molecule has 1 aromatic carbocycles. The van der Waals surface area contributed by atoms with Gasteiger partial charge in [-0.3, -0.25) is 4.21 Å². The van der Waals surface area contributed by atoms with Gasteiger partial charge in [0, 0.05) is 30.0 Å². The van der Waals surface area contributed by atoms with E-state index >= 15 is 0 Å². The molecule has 0 aliphatic rings. The maximum atomic E-state index is 11.2. The zero-order valence-corrected chi connectivity index (χ0v) is 12.1. The average molecular weight is 311 g/mol. The zero-order valence-electron chi connectivity index (χ0n) is 10.5. The topological polar surface area (TPSA) is 100 Å². The minimum absolute atomic E-state index is 0.205. The number of rotatable bonds is 4. The highest BCUT2D eigenvalue weighted by molar-refractivity contribution is 7.90. The summed E-state index contributed by atoms with van der Waals surface area (Å²) in [4.78, 5) is 7.77. The first kappa shape index (κ1) is 14.8. The molecule has 1 aromatic heterocycles. The molecule has 0 bridgehead atoms. The predicted molar refractivity (Wildman–Crippen MR) is 71.6 cm³/mol. The second kappa shape index (κ2) is 5.78. The third-order valence-corrected chi connectivity index (χ3v) is 4.03. The summed E-state index contributed by atoms with van der Waals surface area (Å²) in [5.74, 6) is 0. The fourth-order valence-corrected chi connectivity index (χ4v) is 2.55. The summed E-state index contributed by atoms with van der Waals surface area (Å²) in [6.45, 7) is 0. The first-order valence-electron chi connectivity index (χ1n) is 5.55. The molecule has 20 heavy (non-hydrogen) atoms. The SMILES string of the molecule is CS(=O)(=O)c1ncc(Cc2cccc(S(=O)[O-])c2)cn1. The summed E-state index contributed by atoms with van der Waals surface area (Å²) >= 11 is -2.27. The maximum absolute atomic E-state index is 11.2. The third-order valence-electron chi connectivity index (χ3n) is 2.51. The quantitative estimate of drug-likeness (QED) is 0.609. The van der Waals surface area contributed by atoms with Gasteiger partial charge >= 0.3 is 0 Å². The lowest BCUT2D eigenvalue weighted by Gasteiger charge is -2.07. The highest BCUT2D eigenvalue weighted by Crippen LogP contribution is 2.13. The minimum atomic E-state index is -3.41. The maximum Gasteiger partial charge on any atom is 0.246 e. The van der Waals surface area contributed by atoms with Crippen molar-refractivity contribution in [3.05, 3.63) is 47.8 Å². The van der Waals surface area contributed by atoms with E-state index in [2.05, 4.69) is 9.97 Å². The summed E-state index contributed by atoms with van der Waals surface area (Å²) in [6, 6.07) is 6.47. The number of sulfone groups is 1. The molecule has 2 aromatic rings. The number of nitrogens with zero attached hydrogens (tertiary/aromatic N) is 2. The minimum Gasteiger partial charge on any atom is -0.768 e. The molecule has 0 N–H and O–H groups in total. The van der Waals surface area contributed by atoms with Gasteiger partial charge in [-0.2, -0.15) is 0 Å². The van der Waals surface area contributed by atoms with Gasteiger partial charge in [-0.05, 0) is 34.3 Å². The van der Waals surface area contributed by atoms with Crippen LogP contribution in [0, 0.1) is 0 Å². The highest BCUT2D eigenvalue weighted by Gasteiger charge is 2.10. The van der Waals surface area contributed by atoms with E-state index in [1.54, 1.807) is 18.2 Å². The average Bonchev–Trinajstić information content (AvgIpc) is 2.38. The Labute approximate surface area is 119 Å². The van der Waals surface area contributed by atoms with E-state index in [1.807, 2.05) is 0 Å². The summed E-state index contributed by atoms with van der Waals surface area (Å²) < 4.78 is 44.2. The molecule has 1 unspecified atom stereocenters. The Hall–Kier alpha value is -1.64. The molecule has 1 heterocycles. The molecular formula is C12H11N2O4S2-. The van der Waals surface area contributed by atoms with Crippen LogP contribution in [0.15, 0.2) is 46.7 Å². The van der Waals surface area contributed by atoms with Crippen molar-refractivity contribution in [1.82, 2.24) is 9.97 Å². The van der Waals surface area contributed by atoms with Crippen LogP contribution in [0.4, 0.5) is 0 Å². The Morgan fingerprint density at radius 1 is 1.20 bits per heavy atom. The first-order chi connectivity index (χ1) is 9.36. The van der Waals surface area contributed by atoms with Crippen molar-refractivity contribution < 1.29 is 17.2 Å². The van der Waals surface area contributed by atoms with Gasteiger partial charge in [0.25, 0.3) is 0 Å². The second-order valence-corrected chi connectivity index (χ2v) is 7.06. The van der Waals surface area contributed by atoms with Crippen molar-refractivity contribution in [2.24, 2.45) is 0 Å². The Morgan fingerprint density at radius 3 is 2.40 bits per heavy atom. The normalized spacial score (nSPS) is 13.1. The van der Waals surface area contributed by atoms with Gasteiger partial charge in [0.05, 0.1) is 0 Å². The van der Waals surface area contributed by atoms with Crippen molar-refractivity contribution in [3.63, 3.8) is 0 Å². The van der Waals surface area contributed by atoms with Crippen LogP contribution < -0.4 is 0 Å². The molecule has 0 amide bonds. The predicted octanol–water partition coefficient (Wildman–Crippen LogP) is 0.709. The zero-order chi connectivity index (χ0) is 14.8. The van der Waals surface area contributed by atoms with Crippen LogP contribution in [0.5, 0.6) is 0 Å². The second-order valence-electron chi connectivity index (χ2n) is 4.20. The number of hydrogen-bond donors (Lipinski definition) is 0. The Bertz CT molecular complexity index is 742. The molecule has 1 atom stereocenters. The van der Waals surface area contributed by atoms with Crippen LogP contribution >= 0.6 is 0 Å². The van der Waals surface area contributed by atoms with E-state index in [0.29, 0.717) is 12.0 Å². The number of hydrogen-bond acceptors (Lipinski definition) is 6. The standard InChI is InChI=1S/C12H12N2O4S2/c1-20(17,18)12-13-7-10(8-14-12)5-9-3-2-4-11(6-9)19(15)16/h2-4,6-8H,5H2,1H3,(H,15,16)/p-1. The fourth-order valence-electron chi connectivity index (χ4n) is 1.62. The van der Waals surface area contributed by atoms with Crippen molar-refractivity contribution >= 4 is 20.9 Å². The molecule has 0 fully saturated rings. The molecule has 0 aliphatic carbocycles. The van der Waals surface area contributed by atoms with Crippen LogP contribution in [-0.4, -0.2) is 33.4 Å². The molecule has 0 radical (unpaired) electrons. The molecular weight excluding hydrogens is 300 g/mol. The molecule has 0 spiro atoms. The van der Waals surface area contributed by atoms with Crippen molar-refractivity contribution in [1.29, 1.82) is 0 Å². The van der Waals surface area contributed by atoms with Crippen LogP contribution in [-0.2, 0) is 27.3 Å². The smallest absolute Gasteiger partial charge is 0.246 e. The van der Waals surface area contributed by atoms with E-state index < -0.39 is 20.9 Å². The van der Waals surface area contributed by atoms with Gasteiger partial charge in [0.15, 0.2) is 0 Å². The van der Waals surface area contributed by atoms with E-state index in [0.717, 1.165) is 11.8 Å². The molecule has 2 rings (SSSR count). The van der Waals surface area contributed by atoms with Gasteiger partial charge in [-0.1, -0.05) is 12.1 Å². The lowest BCUT2D eigenvalue weighted by atomic mass is 10.1. The highest BCUT2D eigenvalue weighted by atomic mass is 32.2. The summed E-state index contributed by atoms with van der Waals surface area (Å²) in [5, 5.41) is -0.226. The van der Waals surface area contributed by atoms with Gasteiger partial charge < -0.3 is 4.55 Å². The molecule has 0 aliphatic heterocycles. The Morgan fingerprint density at radius 2 is 1.85 bits per heavy atom. The lowest BCUT2D eigenvalue weighted by Crippen LogP contribution is -2.04. The molecule has 0 saturated heterocycles. The van der Waals surface area contributed by atoms with E-state index in [9.17, 15) is 17.2 Å². The van der Waals surface area contributed by atoms with E-state index in [1.165, 1.54) is 18.5 Å². The van der Waals surface area contributed by atoms with Gasteiger partial charge in [0.1, 0.15) is 0 Å². The van der Waals surface area contributed by atoms with Crippen LogP contribution in [0.25, 0.3) is 0 Å². The van der Waals surface area contributed by atoms with Crippen LogP contribution in [0.1, 0.15) is 11.1 Å². The summed E-state index contributed by atoms with van der Waals surface area (Å²) in [6.07, 6.45) is 4.30. The molecule has 0 saturated carbocycles.